The van der Waals surface area contributed by atoms with Gasteiger partial charge in [0.05, 0.1) is 17.9 Å². The fourth-order valence-electron chi connectivity index (χ4n) is 1.38. The van der Waals surface area contributed by atoms with Crippen LogP contribution in [-0.4, -0.2) is 33.4 Å². The van der Waals surface area contributed by atoms with E-state index < -0.39 is 29.9 Å². The summed E-state index contributed by atoms with van der Waals surface area (Å²) in [4.78, 5) is 21.2. The van der Waals surface area contributed by atoms with E-state index in [0.29, 0.717) is 0 Å². The van der Waals surface area contributed by atoms with Crippen LogP contribution in [0.3, 0.4) is 0 Å². The third kappa shape index (κ3) is 2.06. The minimum absolute atomic E-state index is 0.0389. The van der Waals surface area contributed by atoms with Crippen molar-refractivity contribution in [3.05, 3.63) is 12.2 Å². The molecule has 0 aliphatic heterocycles. The van der Waals surface area contributed by atoms with Crippen LogP contribution in [0, 0.1) is 11.8 Å². The van der Waals surface area contributed by atoms with Crippen molar-refractivity contribution in [1.82, 2.24) is 0 Å². The molecule has 0 aromatic carbocycles. The van der Waals surface area contributed by atoms with Crippen molar-refractivity contribution in [1.29, 1.82) is 0 Å². The molecule has 1 aliphatic carbocycles. The van der Waals surface area contributed by atoms with Gasteiger partial charge < -0.3 is 15.3 Å². The van der Waals surface area contributed by atoms with Crippen molar-refractivity contribution in [2.45, 2.75) is 12.5 Å². The Hall–Kier alpha value is -1.36. The predicted molar refractivity (Wildman–Crippen MR) is 42.0 cm³/mol. The van der Waals surface area contributed by atoms with Crippen molar-refractivity contribution in [2.75, 3.05) is 0 Å². The Morgan fingerprint density at radius 2 is 1.77 bits per heavy atom. The van der Waals surface area contributed by atoms with Crippen molar-refractivity contribution < 1.29 is 24.9 Å². The minimum Gasteiger partial charge on any atom is -0.481 e. The van der Waals surface area contributed by atoms with Crippen LogP contribution < -0.4 is 0 Å². The van der Waals surface area contributed by atoms with Gasteiger partial charge in [-0.1, -0.05) is 12.2 Å². The van der Waals surface area contributed by atoms with E-state index >= 15 is 0 Å². The normalized spacial score (nSPS) is 32.8. The van der Waals surface area contributed by atoms with Crippen molar-refractivity contribution in [2.24, 2.45) is 11.8 Å². The van der Waals surface area contributed by atoms with E-state index in [1.165, 1.54) is 12.2 Å². The van der Waals surface area contributed by atoms with Gasteiger partial charge in [-0.3, -0.25) is 9.59 Å². The van der Waals surface area contributed by atoms with Crippen LogP contribution in [0.1, 0.15) is 6.42 Å². The molecule has 0 bridgehead atoms. The summed E-state index contributed by atoms with van der Waals surface area (Å²) in [6, 6.07) is 0. The molecule has 0 aromatic rings. The summed E-state index contributed by atoms with van der Waals surface area (Å²) in [5.74, 6) is -4.41. The van der Waals surface area contributed by atoms with Crippen LogP contribution in [0.2, 0.25) is 0 Å². The van der Waals surface area contributed by atoms with E-state index in [-0.39, 0.29) is 6.42 Å². The molecule has 3 N–H and O–H groups in total. The number of carboxylic acids is 2. The average molecular weight is 186 g/mol. The van der Waals surface area contributed by atoms with Crippen LogP contribution >= 0.6 is 0 Å². The molecule has 5 nitrogen and oxygen atoms in total. The fourth-order valence-corrected chi connectivity index (χ4v) is 1.38. The van der Waals surface area contributed by atoms with Gasteiger partial charge in [-0.2, -0.15) is 0 Å². The lowest BCUT2D eigenvalue weighted by molar-refractivity contribution is -0.153. The van der Waals surface area contributed by atoms with E-state index in [4.69, 9.17) is 15.3 Å². The van der Waals surface area contributed by atoms with Crippen LogP contribution in [0.15, 0.2) is 12.2 Å². The molecule has 0 aromatic heterocycles. The summed E-state index contributed by atoms with van der Waals surface area (Å²) in [5, 5.41) is 26.4. The van der Waals surface area contributed by atoms with E-state index in [1.54, 1.807) is 0 Å². The molecule has 72 valence electrons. The third-order valence-corrected chi connectivity index (χ3v) is 2.07. The Balaban J connectivity index is 2.85. The molecule has 0 radical (unpaired) electrons. The van der Waals surface area contributed by atoms with Gasteiger partial charge in [0.2, 0.25) is 0 Å². The van der Waals surface area contributed by atoms with Gasteiger partial charge in [0.15, 0.2) is 0 Å². The number of carboxylic acid groups (broad SMARTS) is 2. The molecule has 0 fully saturated rings. The van der Waals surface area contributed by atoms with Gasteiger partial charge in [-0.05, 0) is 6.42 Å². The van der Waals surface area contributed by atoms with Gasteiger partial charge in [0.25, 0.3) is 0 Å². The van der Waals surface area contributed by atoms with Crippen molar-refractivity contribution in [3.8, 4) is 0 Å². The molecule has 5 heteroatoms. The largest absolute Gasteiger partial charge is 0.481 e. The zero-order valence-electron chi connectivity index (χ0n) is 6.75. The first-order valence-electron chi connectivity index (χ1n) is 3.84. The number of aliphatic carboxylic acids is 2. The van der Waals surface area contributed by atoms with Gasteiger partial charge in [0.1, 0.15) is 0 Å². The lowest BCUT2D eigenvalue weighted by Gasteiger charge is -2.23. The molecule has 1 rings (SSSR count). The molecule has 13 heavy (non-hydrogen) atoms. The zero-order valence-corrected chi connectivity index (χ0v) is 6.75. The monoisotopic (exact) mass is 186 g/mol. The molecule has 0 saturated carbocycles. The molecule has 0 saturated heterocycles. The van der Waals surface area contributed by atoms with Gasteiger partial charge in [0, 0.05) is 0 Å². The van der Waals surface area contributed by atoms with E-state index in [1.807, 2.05) is 0 Å². The number of rotatable bonds is 2. The highest BCUT2D eigenvalue weighted by molar-refractivity contribution is 5.81. The molecule has 0 heterocycles. The molecule has 3 atom stereocenters. The summed E-state index contributed by atoms with van der Waals surface area (Å²) >= 11 is 0. The molecule has 0 unspecified atom stereocenters. The second-order valence-electron chi connectivity index (χ2n) is 3.00. The summed E-state index contributed by atoms with van der Waals surface area (Å²) in [6.07, 6.45) is 1.66. The smallest absolute Gasteiger partial charge is 0.311 e. The first-order valence-corrected chi connectivity index (χ1v) is 3.84. The van der Waals surface area contributed by atoms with Crippen molar-refractivity contribution >= 4 is 11.9 Å². The molecular weight excluding hydrogens is 176 g/mol. The van der Waals surface area contributed by atoms with E-state index in [9.17, 15) is 9.59 Å². The third-order valence-electron chi connectivity index (χ3n) is 2.07. The fraction of sp³-hybridized carbons (Fsp3) is 0.500. The molecular formula is C8H10O5. The van der Waals surface area contributed by atoms with Crippen LogP contribution in [0.25, 0.3) is 0 Å². The molecule has 1 aliphatic rings. The Morgan fingerprint density at radius 3 is 2.23 bits per heavy atom. The Bertz CT molecular complexity index is 257. The highest BCUT2D eigenvalue weighted by Crippen LogP contribution is 2.25. The lowest BCUT2D eigenvalue weighted by Crippen LogP contribution is -2.34. The highest BCUT2D eigenvalue weighted by Gasteiger charge is 2.35. The quantitative estimate of drug-likeness (QED) is 0.515. The molecule has 0 spiro atoms. The minimum atomic E-state index is -1.18. The Morgan fingerprint density at radius 1 is 1.15 bits per heavy atom. The first kappa shape index (κ1) is 9.73. The number of aliphatic hydroxyl groups is 1. The first-order chi connectivity index (χ1) is 6.02. The standard InChI is InChI=1S/C8H10O5/c9-4-1-2-5(7(10)11)6(3-4)8(12)13/h1-2,4-6,9H,3H2,(H,10,11)(H,12,13)/t4-,5-,6+/m0/s1. The topological polar surface area (TPSA) is 94.8 Å². The highest BCUT2D eigenvalue weighted by atomic mass is 16.4. The Labute approximate surface area is 74.3 Å². The summed E-state index contributed by atoms with van der Waals surface area (Å²) in [6.45, 7) is 0. The van der Waals surface area contributed by atoms with Gasteiger partial charge >= 0.3 is 11.9 Å². The summed E-state index contributed by atoms with van der Waals surface area (Å²) in [5.41, 5.74) is 0. The predicted octanol–water partition coefficient (Wildman–Crippen LogP) is -0.291. The zero-order chi connectivity index (χ0) is 10.0. The number of carbonyl (C=O) groups is 2. The van der Waals surface area contributed by atoms with Crippen LogP contribution in [0.5, 0.6) is 0 Å². The van der Waals surface area contributed by atoms with Crippen molar-refractivity contribution in [3.63, 3.8) is 0 Å². The summed E-state index contributed by atoms with van der Waals surface area (Å²) < 4.78 is 0. The average Bonchev–Trinajstić information content (AvgIpc) is 2.03. The lowest BCUT2D eigenvalue weighted by atomic mass is 9.83. The van der Waals surface area contributed by atoms with Gasteiger partial charge in [-0.25, -0.2) is 0 Å². The Kier molecular flexibility index (Phi) is 2.67. The number of hydrogen-bond donors (Lipinski definition) is 3. The van der Waals surface area contributed by atoms with E-state index in [0.717, 1.165) is 0 Å². The molecule has 0 amide bonds. The maximum Gasteiger partial charge on any atom is 0.311 e. The maximum atomic E-state index is 10.6. The second-order valence-corrected chi connectivity index (χ2v) is 3.00. The van der Waals surface area contributed by atoms with Gasteiger partial charge in [-0.15, -0.1) is 0 Å². The van der Waals surface area contributed by atoms with E-state index in [2.05, 4.69) is 0 Å². The maximum absolute atomic E-state index is 10.6. The number of hydrogen-bond acceptors (Lipinski definition) is 3. The second kappa shape index (κ2) is 3.57. The van der Waals surface area contributed by atoms with Crippen LogP contribution in [0.4, 0.5) is 0 Å². The van der Waals surface area contributed by atoms with Crippen LogP contribution in [-0.2, 0) is 9.59 Å². The summed E-state index contributed by atoms with van der Waals surface area (Å²) in [7, 11) is 0. The number of aliphatic hydroxyl groups excluding tert-OH is 1. The SMILES string of the molecule is O=C(O)[C@H]1C=C[C@H](O)C[C@H]1C(=O)O.